The van der Waals surface area contributed by atoms with E-state index in [1.54, 1.807) is 4.57 Å². The minimum absolute atomic E-state index is 0.198. The molecule has 84 valence electrons. The first-order valence-corrected chi connectivity index (χ1v) is 5.94. The van der Waals surface area contributed by atoms with Crippen LogP contribution < -0.4 is 5.56 Å². The van der Waals surface area contributed by atoms with E-state index < -0.39 is 0 Å². The van der Waals surface area contributed by atoms with E-state index in [0.717, 1.165) is 12.5 Å². The lowest BCUT2D eigenvalue weighted by Gasteiger charge is -2.12. The average molecular weight is 228 g/mol. The Bertz CT molecular complexity index is 389. The van der Waals surface area contributed by atoms with E-state index in [1.807, 2.05) is 6.92 Å². The topological polar surface area (TPSA) is 55.1 Å². The summed E-state index contributed by atoms with van der Waals surface area (Å²) in [4.78, 5) is 15.5. The molecule has 0 aliphatic rings. The SMILES string of the molecule is CCC(C)Sc1nc(O)cc(=O)n1CC. The van der Waals surface area contributed by atoms with Crippen LogP contribution in [-0.4, -0.2) is 19.9 Å². The van der Waals surface area contributed by atoms with Gasteiger partial charge in [-0.15, -0.1) is 0 Å². The molecule has 0 aliphatic carbocycles. The maximum Gasteiger partial charge on any atom is 0.257 e. The van der Waals surface area contributed by atoms with E-state index in [0.29, 0.717) is 17.0 Å². The van der Waals surface area contributed by atoms with Crippen molar-refractivity contribution >= 4 is 11.8 Å². The summed E-state index contributed by atoms with van der Waals surface area (Å²) in [5.41, 5.74) is -0.198. The van der Waals surface area contributed by atoms with E-state index in [-0.39, 0.29) is 11.4 Å². The van der Waals surface area contributed by atoms with Crippen LogP contribution >= 0.6 is 11.8 Å². The molecule has 0 bridgehead atoms. The summed E-state index contributed by atoms with van der Waals surface area (Å²) in [5.74, 6) is -0.199. The van der Waals surface area contributed by atoms with E-state index in [1.165, 1.54) is 11.8 Å². The molecule has 0 spiro atoms. The van der Waals surface area contributed by atoms with Gasteiger partial charge in [-0.3, -0.25) is 9.36 Å². The van der Waals surface area contributed by atoms with Gasteiger partial charge in [0.1, 0.15) is 0 Å². The largest absolute Gasteiger partial charge is 0.493 e. The monoisotopic (exact) mass is 228 g/mol. The lowest BCUT2D eigenvalue weighted by molar-refractivity contribution is 0.433. The van der Waals surface area contributed by atoms with Crippen LogP contribution in [0.1, 0.15) is 27.2 Å². The molecule has 1 aromatic heterocycles. The third-order valence-electron chi connectivity index (χ3n) is 2.16. The molecule has 0 saturated carbocycles. The molecule has 0 saturated heterocycles. The van der Waals surface area contributed by atoms with E-state index in [2.05, 4.69) is 18.8 Å². The Morgan fingerprint density at radius 1 is 1.60 bits per heavy atom. The van der Waals surface area contributed by atoms with Gasteiger partial charge in [-0.2, -0.15) is 4.98 Å². The van der Waals surface area contributed by atoms with Gasteiger partial charge < -0.3 is 5.11 Å². The summed E-state index contributed by atoms with van der Waals surface area (Å²) < 4.78 is 1.57. The van der Waals surface area contributed by atoms with Crippen LogP contribution in [0.3, 0.4) is 0 Å². The molecule has 5 heteroatoms. The molecule has 0 amide bonds. The first-order chi connectivity index (χ1) is 7.08. The van der Waals surface area contributed by atoms with Gasteiger partial charge >= 0.3 is 0 Å². The average Bonchev–Trinajstić information content (AvgIpc) is 2.17. The fourth-order valence-corrected chi connectivity index (χ4v) is 2.14. The van der Waals surface area contributed by atoms with Crippen LogP contribution in [0.15, 0.2) is 16.0 Å². The number of hydrogen-bond acceptors (Lipinski definition) is 4. The highest BCUT2D eigenvalue weighted by atomic mass is 32.2. The number of hydrogen-bond donors (Lipinski definition) is 1. The van der Waals surface area contributed by atoms with Crippen molar-refractivity contribution in [3.8, 4) is 5.88 Å². The molecule has 1 aromatic rings. The molecule has 1 atom stereocenters. The highest BCUT2D eigenvalue weighted by Gasteiger charge is 2.10. The van der Waals surface area contributed by atoms with Gasteiger partial charge in [0.05, 0.1) is 6.07 Å². The van der Waals surface area contributed by atoms with Crippen molar-refractivity contribution in [2.75, 3.05) is 0 Å². The van der Waals surface area contributed by atoms with Crippen LogP contribution in [-0.2, 0) is 6.54 Å². The minimum Gasteiger partial charge on any atom is -0.493 e. The van der Waals surface area contributed by atoms with Crippen LogP contribution in [0, 0.1) is 0 Å². The van der Waals surface area contributed by atoms with Crippen molar-refractivity contribution in [3.05, 3.63) is 16.4 Å². The van der Waals surface area contributed by atoms with Crippen molar-refractivity contribution in [1.82, 2.24) is 9.55 Å². The van der Waals surface area contributed by atoms with Crippen LogP contribution in [0.2, 0.25) is 0 Å². The Labute approximate surface area is 93.3 Å². The number of aromatic hydroxyl groups is 1. The van der Waals surface area contributed by atoms with Gasteiger partial charge in [-0.25, -0.2) is 0 Å². The smallest absolute Gasteiger partial charge is 0.257 e. The predicted molar refractivity (Wildman–Crippen MR) is 61.4 cm³/mol. The molecule has 1 N–H and O–H groups in total. The molecule has 0 aromatic carbocycles. The van der Waals surface area contributed by atoms with Crippen LogP contribution in [0.25, 0.3) is 0 Å². The van der Waals surface area contributed by atoms with Crippen LogP contribution in [0.4, 0.5) is 0 Å². The molecule has 15 heavy (non-hydrogen) atoms. The zero-order valence-electron chi connectivity index (χ0n) is 9.23. The molecule has 0 fully saturated rings. The second-order valence-corrected chi connectivity index (χ2v) is 4.72. The summed E-state index contributed by atoms with van der Waals surface area (Å²) in [7, 11) is 0. The van der Waals surface area contributed by atoms with Crippen LogP contribution in [0.5, 0.6) is 5.88 Å². The Kier molecular flexibility index (Phi) is 4.20. The molecular formula is C10H16N2O2S. The Balaban J connectivity index is 3.09. The predicted octanol–water partition coefficient (Wildman–Crippen LogP) is 1.86. The normalized spacial score (nSPS) is 12.7. The molecule has 1 unspecified atom stereocenters. The zero-order chi connectivity index (χ0) is 11.4. The second-order valence-electron chi connectivity index (χ2n) is 3.32. The van der Waals surface area contributed by atoms with Gasteiger partial charge in [-0.05, 0) is 13.3 Å². The third kappa shape index (κ3) is 2.99. The molecule has 1 rings (SSSR count). The number of aromatic nitrogens is 2. The summed E-state index contributed by atoms with van der Waals surface area (Å²) >= 11 is 1.51. The van der Waals surface area contributed by atoms with E-state index >= 15 is 0 Å². The fourth-order valence-electron chi connectivity index (χ4n) is 1.12. The standard InChI is InChI=1S/C10H16N2O2S/c1-4-7(3)15-10-11-8(13)6-9(14)12(10)5-2/h6-7,13H,4-5H2,1-3H3. The summed E-state index contributed by atoms with van der Waals surface area (Å²) in [6, 6.07) is 1.14. The lowest BCUT2D eigenvalue weighted by atomic mass is 10.4. The van der Waals surface area contributed by atoms with Gasteiger partial charge in [0.15, 0.2) is 5.16 Å². The lowest BCUT2D eigenvalue weighted by Crippen LogP contribution is -2.21. The minimum atomic E-state index is -0.199. The van der Waals surface area contributed by atoms with Crippen molar-refractivity contribution in [2.45, 2.75) is 44.1 Å². The maximum absolute atomic E-state index is 11.5. The molecule has 4 nitrogen and oxygen atoms in total. The molecule has 0 aliphatic heterocycles. The highest BCUT2D eigenvalue weighted by molar-refractivity contribution is 7.99. The van der Waals surface area contributed by atoms with Crippen molar-refractivity contribution < 1.29 is 5.11 Å². The van der Waals surface area contributed by atoms with E-state index in [4.69, 9.17) is 0 Å². The van der Waals surface area contributed by atoms with Gasteiger partial charge in [0, 0.05) is 11.8 Å². The fraction of sp³-hybridized carbons (Fsp3) is 0.600. The van der Waals surface area contributed by atoms with Gasteiger partial charge in [-0.1, -0.05) is 25.6 Å². The first kappa shape index (κ1) is 12.1. The van der Waals surface area contributed by atoms with Gasteiger partial charge in [0.25, 0.3) is 5.56 Å². The highest BCUT2D eigenvalue weighted by Crippen LogP contribution is 2.23. The van der Waals surface area contributed by atoms with Gasteiger partial charge in [0.2, 0.25) is 5.88 Å². The molecule has 1 heterocycles. The van der Waals surface area contributed by atoms with Crippen molar-refractivity contribution in [1.29, 1.82) is 0 Å². The first-order valence-electron chi connectivity index (χ1n) is 5.06. The number of thioether (sulfide) groups is 1. The number of rotatable bonds is 4. The quantitative estimate of drug-likeness (QED) is 0.631. The van der Waals surface area contributed by atoms with Crippen molar-refractivity contribution in [2.24, 2.45) is 0 Å². The number of nitrogens with zero attached hydrogens (tertiary/aromatic N) is 2. The van der Waals surface area contributed by atoms with Crippen molar-refractivity contribution in [3.63, 3.8) is 0 Å². The van der Waals surface area contributed by atoms with E-state index in [9.17, 15) is 9.90 Å². The molecule has 0 radical (unpaired) electrons. The summed E-state index contributed by atoms with van der Waals surface area (Å²) in [6.45, 7) is 6.61. The maximum atomic E-state index is 11.5. The second kappa shape index (κ2) is 5.21. The third-order valence-corrected chi connectivity index (χ3v) is 3.42. The Morgan fingerprint density at radius 3 is 2.80 bits per heavy atom. The zero-order valence-corrected chi connectivity index (χ0v) is 10.0. The Hall–Kier alpha value is -0.970. The summed E-state index contributed by atoms with van der Waals surface area (Å²) in [6.07, 6.45) is 1.000. The Morgan fingerprint density at radius 2 is 2.27 bits per heavy atom. The molecular weight excluding hydrogens is 212 g/mol. The summed E-state index contributed by atoms with van der Waals surface area (Å²) in [5, 5.41) is 10.2.